The minimum atomic E-state index is -1.29. The third kappa shape index (κ3) is 41.6. The molecule has 0 aliphatic rings. The fraction of sp³-hybridized carbons (Fsp3) is 0.833. The molecule has 0 aliphatic heterocycles. The topological polar surface area (TPSA) is 110 Å². The lowest BCUT2D eigenvalue weighted by molar-refractivity contribution is -0.132. The predicted molar refractivity (Wildman–Crippen MR) is 260 cm³/mol. The maximum absolute atomic E-state index is 12.5. The van der Waals surface area contributed by atoms with Crippen molar-refractivity contribution in [2.45, 2.75) is 282 Å². The van der Waals surface area contributed by atoms with Crippen molar-refractivity contribution in [3.05, 3.63) is 48.6 Å². The van der Waals surface area contributed by atoms with Gasteiger partial charge in [0.25, 0.3) is 0 Å². The smallest absolute Gasteiger partial charge is 0.249 e. The lowest BCUT2D eigenvalue weighted by Crippen LogP contribution is -2.53. The number of carbonyl (C=O) groups excluding carboxylic acids is 1. The van der Waals surface area contributed by atoms with Gasteiger partial charge in [-0.05, 0) is 83.5 Å². The Balaban J connectivity index is 3.63. The van der Waals surface area contributed by atoms with Crippen molar-refractivity contribution in [1.29, 1.82) is 0 Å². The molecule has 0 aromatic carbocycles. The van der Waals surface area contributed by atoms with E-state index in [9.17, 15) is 25.2 Å². The Morgan fingerprint density at radius 3 is 1.12 bits per heavy atom. The number of allylic oxidation sites excluding steroid dienone is 8. The Morgan fingerprint density at radius 1 is 0.400 bits per heavy atom. The molecule has 352 valence electrons. The van der Waals surface area contributed by atoms with Crippen LogP contribution < -0.4 is 5.32 Å². The van der Waals surface area contributed by atoms with E-state index < -0.39 is 36.9 Å². The summed E-state index contributed by atoms with van der Waals surface area (Å²) in [7, 11) is 0. The second kappa shape index (κ2) is 48.3. The van der Waals surface area contributed by atoms with E-state index >= 15 is 0 Å². The lowest BCUT2D eigenvalue weighted by atomic mass is 10.00. The summed E-state index contributed by atoms with van der Waals surface area (Å²) in [6, 6.07) is -1.01. The van der Waals surface area contributed by atoms with Crippen LogP contribution in [0.25, 0.3) is 0 Å². The zero-order valence-electron chi connectivity index (χ0n) is 39.7. The summed E-state index contributed by atoms with van der Waals surface area (Å²) in [5, 5.41) is 43.7. The predicted octanol–water partition coefficient (Wildman–Crippen LogP) is 14.6. The molecule has 5 N–H and O–H groups in total. The van der Waals surface area contributed by atoms with E-state index in [-0.39, 0.29) is 0 Å². The summed E-state index contributed by atoms with van der Waals surface area (Å²) in [5.41, 5.74) is 0. The average molecular weight is 844 g/mol. The zero-order valence-corrected chi connectivity index (χ0v) is 39.7. The largest absolute Gasteiger partial charge is 0.394 e. The molecule has 0 heterocycles. The molecule has 0 radical (unpaired) electrons. The third-order valence-electron chi connectivity index (χ3n) is 11.9. The lowest BCUT2D eigenvalue weighted by Gasteiger charge is -2.27. The molecule has 4 atom stereocenters. The van der Waals surface area contributed by atoms with Crippen LogP contribution >= 0.6 is 0 Å². The van der Waals surface area contributed by atoms with Crippen molar-refractivity contribution < 1.29 is 25.2 Å². The fourth-order valence-electron chi connectivity index (χ4n) is 7.85. The number of hydrogen-bond donors (Lipinski definition) is 5. The Labute approximate surface area is 372 Å². The van der Waals surface area contributed by atoms with Gasteiger partial charge in [0.05, 0.1) is 18.8 Å². The van der Waals surface area contributed by atoms with Crippen molar-refractivity contribution in [3.63, 3.8) is 0 Å². The van der Waals surface area contributed by atoms with Crippen LogP contribution in [0.15, 0.2) is 48.6 Å². The molecular formula is C54H101NO5. The maximum Gasteiger partial charge on any atom is 0.249 e. The van der Waals surface area contributed by atoms with Gasteiger partial charge in [-0.2, -0.15) is 0 Å². The van der Waals surface area contributed by atoms with Crippen LogP contribution in [0.2, 0.25) is 0 Å². The zero-order chi connectivity index (χ0) is 43.8. The van der Waals surface area contributed by atoms with Gasteiger partial charge >= 0.3 is 0 Å². The van der Waals surface area contributed by atoms with Crippen molar-refractivity contribution in [3.8, 4) is 0 Å². The van der Waals surface area contributed by atoms with Crippen molar-refractivity contribution in [1.82, 2.24) is 5.32 Å². The second-order valence-electron chi connectivity index (χ2n) is 17.8. The first-order chi connectivity index (χ1) is 29.5. The van der Waals surface area contributed by atoms with Gasteiger partial charge in [0.2, 0.25) is 5.91 Å². The molecule has 6 heteroatoms. The molecule has 0 aromatic heterocycles. The van der Waals surface area contributed by atoms with Gasteiger partial charge < -0.3 is 25.7 Å². The molecule has 0 saturated heterocycles. The highest BCUT2D eigenvalue weighted by atomic mass is 16.3. The van der Waals surface area contributed by atoms with Gasteiger partial charge in [0.1, 0.15) is 12.2 Å². The van der Waals surface area contributed by atoms with Crippen LogP contribution in [-0.2, 0) is 4.79 Å². The Morgan fingerprint density at radius 2 is 0.733 bits per heavy atom. The molecule has 60 heavy (non-hydrogen) atoms. The standard InChI is InChI=1S/C54H101NO5/c1-3-5-7-9-11-13-15-17-19-20-21-22-23-24-25-26-27-28-29-30-31-32-33-34-36-38-40-42-44-46-48-52(58)54(60)55-50(49-56)53(59)51(57)47-45-43-41-39-37-35-18-16-14-12-10-8-6-4-2/h8,10,16,18,24-25,39,41,50-53,56-59H,3-7,9,11-15,17,19-23,26-38,40,42-49H2,1-2H3,(H,55,60)/b10-8+,18-16+,25-24-,41-39+. The SMILES string of the molecule is CCC/C=C/CC/C=C/CC/C=C/CCCC(O)C(O)C(CO)NC(=O)C(O)CCCCCCCCCCCCCCCC/C=C\CCCCCCCCCCCCCC. The summed E-state index contributed by atoms with van der Waals surface area (Å²) in [6.07, 6.45) is 60.4. The highest BCUT2D eigenvalue weighted by molar-refractivity contribution is 5.80. The molecule has 0 spiro atoms. The normalized spacial score (nSPS) is 14.3. The van der Waals surface area contributed by atoms with Gasteiger partial charge in [-0.15, -0.1) is 0 Å². The molecule has 1 amide bonds. The van der Waals surface area contributed by atoms with Gasteiger partial charge in [-0.25, -0.2) is 0 Å². The fourth-order valence-corrected chi connectivity index (χ4v) is 7.85. The van der Waals surface area contributed by atoms with Crippen molar-refractivity contribution in [2.24, 2.45) is 0 Å². The monoisotopic (exact) mass is 844 g/mol. The Kier molecular flexibility index (Phi) is 46.9. The van der Waals surface area contributed by atoms with Crippen molar-refractivity contribution >= 4 is 5.91 Å². The second-order valence-corrected chi connectivity index (χ2v) is 17.8. The summed E-state index contributed by atoms with van der Waals surface area (Å²) < 4.78 is 0. The first-order valence-corrected chi connectivity index (χ1v) is 26.0. The minimum Gasteiger partial charge on any atom is -0.394 e. The van der Waals surface area contributed by atoms with Crippen molar-refractivity contribution in [2.75, 3.05) is 6.61 Å². The van der Waals surface area contributed by atoms with E-state index in [0.717, 1.165) is 57.8 Å². The van der Waals surface area contributed by atoms with E-state index in [2.05, 4.69) is 67.8 Å². The van der Waals surface area contributed by atoms with Gasteiger partial charge in [0, 0.05) is 0 Å². The Bertz CT molecular complexity index is 993. The summed E-state index contributed by atoms with van der Waals surface area (Å²) >= 11 is 0. The molecule has 6 nitrogen and oxygen atoms in total. The van der Waals surface area contributed by atoms with Gasteiger partial charge in [-0.3, -0.25) is 4.79 Å². The van der Waals surface area contributed by atoms with Gasteiger partial charge in [-0.1, -0.05) is 223 Å². The average Bonchev–Trinajstić information content (AvgIpc) is 3.25. The molecule has 4 unspecified atom stereocenters. The molecule has 0 bridgehead atoms. The first kappa shape index (κ1) is 58.3. The number of amides is 1. The summed E-state index contributed by atoms with van der Waals surface area (Å²) in [5.74, 6) is -0.599. The minimum absolute atomic E-state index is 0.358. The number of unbranched alkanes of at least 4 members (excludes halogenated alkanes) is 30. The molecule has 0 fully saturated rings. The first-order valence-electron chi connectivity index (χ1n) is 26.0. The molecule has 0 rings (SSSR count). The van der Waals surface area contributed by atoms with E-state index in [1.165, 1.54) is 167 Å². The van der Waals surface area contributed by atoms with E-state index in [0.29, 0.717) is 19.3 Å². The summed E-state index contributed by atoms with van der Waals surface area (Å²) in [4.78, 5) is 12.5. The quantitative estimate of drug-likeness (QED) is 0.0310. The summed E-state index contributed by atoms with van der Waals surface area (Å²) in [6.45, 7) is 3.98. The molecular weight excluding hydrogens is 743 g/mol. The van der Waals surface area contributed by atoms with E-state index in [4.69, 9.17) is 0 Å². The molecule has 0 saturated carbocycles. The number of carbonyl (C=O) groups is 1. The number of aliphatic hydroxyl groups excluding tert-OH is 4. The van der Waals surface area contributed by atoms with Gasteiger partial charge in [0.15, 0.2) is 0 Å². The molecule has 0 aliphatic carbocycles. The van der Waals surface area contributed by atoms with Crippen LogP contribution in [0.3, 0.4) is 0 Å². The Hall–Kier alpha value is -1.73. The van der Waals surface area contributed by atoms with Crippen LogP contribution in [0, 0.1) is 0 Å². The third-order valence-corrected chi connectivity index (χ3v) is 11.9. The number of nitrogens with one attached hydrogen (secondary N) is 1. The van der Waals surface area contributed by atoms with Crippen LogP contribution in [-0.4, -0.2) is 57.3 Å². The van der Waals surface area contributed by atoms with E-state index in [1.54, 1.807) is 0 Å². The van der Waals surface area contributed by atoms with Crippen LogP contribution in [0.4, 0.5) is 0 Å². The van der Waals surface area contributed by atoms with Crippen LogP contribution in [0.1, 0.15) is 258 Å². The number of rotatable bonds is 47. The highest BCUT2D eigenvalue weighted by Gasteiger charge is 2.28. The maximum atomic E-state index is 12.5. The number of aliphatic hydroxyl groups is 4. The van der Waals surface area contributed by atoms with Crippen LogP contribution in [0.5, 0.6) is 0 Å². The highest BCUT2D eigenvalue weighted by Crippen LogP contribution is 2.16. The number of hydrogen-bond acceptors (Lipinski definition) is 5. The van der Waals surface area contributed by atoms with E-state index in [1.807, 2.05) is 0 Å². The molecule has 0 aromatic rings.